The first kappa shape index (κ1) is 15.7. The maximum Gasteiger partial charge on any atom is 0.284 e. The number of aromatic nitrogens is 1. The van der Waals surface area contributed by atoms with E-state index >= 15 is 0 Å². The second-order valence-corrected chi connectivity index (χ2v) is 5.00. The molecule has 2 heterocycles. The Morgan fingerprint density at radius 3 is 2.77 bits per heavy atom. The summed E-state index contributed by atoms with van der Waals surface area (Å²) in [6.45, 7) is 1.16. The molecule has 22 heavy (non-hydrogen) atoms. The first-order valence-corrected chi connectivity index (χ1v) is 6.91. The topological polar surface area (TPSA) is 88.8 Å². The number of furan rings is 1. The number of aliphatic imine (C=N–C) groups is 1. The van der Waals surface area contributed by atoms with Crippen LogP contribution in [0.5, 0.6) is 0 Å². The molecule has 7 heteroatoms. The van der Waals surface area contributed by atoms with Gasteiger partial charge in [0.1, 0.15) is 5.76 Å². The third-order valence-corrected chi connectivity index (χ3v) is 3.35. The molecule has 118 valence electrons. The van der Waals surface area contributed by atoms with Gasteiger partial charge in [-0.3, -0.25) is 9.79 Å². The number of hydrogen-bond donors (Lipinski definition) is 2. The van der Waals surface area contributed by atoms with E-state index in [0.717, 1.165) is 12.5 Å². The van der Waals surface area contributed by atoms with Crippen LogP contribution in [0.15, 0.2) is 39.9 Å². The Kier molecular flexibility index (Phi) is 4.88. The third-order valence-electron chi connectivity index (χ3n) is 3.35. The number of hydrogen-bond acceptors (Lipinski definition) is 3. The molecule has 0 radical (unpaired) electrons. The van der Waals surface area contributed by atoms with Crippen LogP contribution in [0, 0.1) is 0 Å². The number of carbonyl (C=O) groups excluding carboxylic acids is 1. The normalized spacial score (nSPS) is 11.5. The fourth-order valence-corrected chi connectivity index (χ4v) is 2.13. The van der Waals surface area contributed by atoms with Gasteiger partial charge < -0.3 is 24.9 Å². The van der Waals surface area contributed by atoms with Gasteiger partial charge >= 0.3 is 0 Å². The van der Waals surface area contributed by atoms with Crippen LogP contribution >= 0.6 is 0 Å². The van der Waals surface area contributed by atoms with Crippen LogP contribution in [0.2, 0.25) is 0 Å². The second kappa shape index (κ2) is 6.84. The summed E-state index contributed by atoms with van der Waals surface area (Å²) in [5.74, 6) is 0.945. The Morgan fingerprint density at radius 1 is 1.45 bits per heavy atom. The number of aryl methyl sites for hydroxylation is 1. The minimum absolute atomic E-state index is 0.156. The molecule has 2 aromatic rings. The SMILES string of the molecule is CN=C(NCc1ccc(C(N)=O)o1)N(C)Cc1cccn1C. The summed E-state index contributed by atoms with van der Waals surface area (Å²) in [5.41, 5.74) is 6.34. The third kappa shape index (κ3) is 3.69. The van der Waals surface area contributed by atoms with Crippen LogP contribution < -0.4 is 11.1 Å². The zero-order chi connectivity index (χ0) is 16.1. The molecule has 0 saturated carbocycles. The Bertz CT molecular complexity index is 671. The molecule has 2 rings (SSSR count). The zero-order valence-electron chi connectivity index (χ0n) is 13.0. The van der Waals surface area contributed by atoms with Crippen molar-refractivity contribution in [3.05, 3.63) is 47.7 Å². The van der Waals surface area contributed by atoms with Crippen molar-refractivity contribution < 1.29 is 9.21 Å². The molecule has 0 aliphatic carbocycles. The zero-order valence-corrected chi connectivity index (χ0v) is 13.0. The van der Waals surface area contributed by atoms with Crippen molar-refractivity contribution in [2.24, 2.45) is 17.8 Å². The highest BCUT2D eigenvalue weighted by Crippen LogP contribution is 2.08. The number of guanidine groups is 1. The fraction of sp³-hybridized carbons (Fsp3) is 0.333. The number of carbonyl (C=O) groups is 1. The molecule has 0 spiro atoms. The van der Waals surface area contributed by atoms with Crippen molar-refractivity contribution in [2.45, 2.75) is 13.1 Å². The lowest BCUT2D eigenvalue weighted by Crippen LogP contribution is -2.38. The number of rotatable bonds is 5. The summed E-state index contributed by atoms with van der Waals surface area (Å²) in [4.78, 5) is 17.3. The lowest BCUT2D eigenvalue weighted by Gasteiger charge is -2.22. The molecule has 1 amide bonds. The van der Waals surface area contributed by atoms with Gasteiger partial charge in [0.05, 0.1) is 13.1 Å². The van der Waals surface area contributed by atoms with Gasteiger partial charge in [0.15, 0.2) is 11.7 Å². The van der Waals surface area contributed by atoms with E-state index in [2.05, 4.69) is 20.9 Å². The number of primary amides is 1. The van der Waals surface area contributed by atoms with Crippen LogP contribution in [0.25, 0.3) is 0 Å². The molecule has 0 unspecified atom stereocenters. The lowest BCUT2D eigenvalue weighted by molar-refractivity contribution is 0.0972. The molecule has 7 nitrogen and oxygen atoms in total. The Labute approximate surface area is 129 Å². The van der Waals surface area contributed by atoms with E-state index in [1.807, 2.05) is 31.3 Å². The Morgan fingerprint density at radius 2 is 2.23 bits per heavy atom. The van der Waals surface area contributed by atoms with Gasteiger partial charge in [-0.15, -0.1) is 0 Å². The summed E-state index contributed by atoms with van der Waals surface area (Å²) in [6.07, 6.45) is 2.01. The smallest absolute Gasteiger partial charge is 0.284 e. The van der Waals surface area contributed by atoms with Gasteiger partial charge in [-0.1, -0.05) is 0 Å². The monoisotopic (exact) mass is 303 g/mol. The molecule has 0 aliphatic rings. The van der Waals surface area contributed by atoms with E-state index in [9.17, 15) is 4.79 Å². The van der Waals surface area contributed by atoms with Crippen LogP contribution in [0.3, 0.4) is 0 Å². The fourth-order valence-electron chi connectivity index (χ4n) is 2.13. The van der Waals surface area contributed by atoms with Crippen molar-refractivity contribution in [3.63, 3.8) is 0 Å². The number of nitrogens with one attached hydrogen (secondary N) is 1. The summed E-state index contributed by atoms with van der Waals surface area (Å²) in [6, 6.07) is 7.36. The predicted octanol–water partition coefficient (Wildman–Crippen LogP) is 0.924. The summed E-state index contributed by atoms with van der Waals surface area (Å²) >= 11 is 0. The quantitative estimate of drug-likeness (QED) is 0.635. The highest BCUT2D eigenvalue weighted by atomic mass is 16.3. The van der Waals surface area contributed by atoms with E-state index in [4.69, 9.17) is 10.2 Å². The van der Waals surface area contributed by atoms with Crippen molar-refractivity contribution in [1.29, 1.82) is 0 Å². The van der Waals surface area contributed by atoms with Crippen LogP contribution in [0.1, 0.15) is 22.0 Å². The molecular formula is C15H21N5O2. The van der Waals surface area contributed by atoms with Gasteiger partial charge in [-0.2, -0.15) is 0 Å². The summed E-state index contributed by atoms with van der Waals surface area (Å²) < 4.78 is 7.39. The standard InChI is InChI=1S/C15H21N5O2/c1-17-15(20(3)10-11-5-4-8-19(11)2)18-9-12-6-7-13(22-12)14(16)21/h4-8H,9-10H2,1-3H3,(H2,16,21)(H,17,18). The van der Waals surface area contributed by atoms with E-state index in [1.54, 1.807) is 19.2 Å². The molecular weight excluding hydrogens is 282 g/mol. The van der Waals surface area contributed by atoms with E-state index in [1.165, 1.54) is 5.69 Å². The molecule has 0 bridgehead atoms. The first-order chi connectivity index (χ1) is 10.5. The van der Waals surface area contributed by atoms with Crippen LogP contribution in [-0.4, -0.2) is 35.4 Å². The van der Waals surface area contributed by atoms with E-state index in [-0.39, 0.29) is 5.76 Å². The number of amides is 1. The molecule has 2 aromatic heterocycles. The first-order valence-electron chi connectivity index (χ1n) is 6.91. The molecule has 3 N–H and O–H groups in total. The minimum Gasteiger partial charge on any atom is -0.454 e. The van der Waals surface area contributed by atoms with Gasteiger partial charge in [-0.05, 0) is 24.3 Å². The summed E-state index contributed by atoms with van der Waals surface area (Å²) in [5, 5.41) is 3.19. The highest BCUT2D eigenvalue weighted by molar-refractivity contribution is 5.89. The average Bonchev–Trinajstić information content (AvgIpc) is 3.10. The minimum atomic E-state index is -0.573. The van der Waals surface area contributed by atoms with Crippen LogP contribution in [0.4, 0.5) is 0 Å². The predicted molar refractivity (Wildman–Crippen MR) is 84.3 cm³/mol. The molecule has 0 atom stereocenters. The highest BCUT2D eigenvalue weighted by Gasteiger charge is 2.10. The van der Waals surface area contributed by atoms with Crippen molar-refractivity contribution >= 4 is 11.9 Å². The Hall–Kier alpha value is -2.70. The number of nitrogens with zero attached hydrogens (tertiary/aromatic N) is 3. The van der Waals surface area contributed by atoms with E-state index < -0.39 is 5.91 Å². The van der Waals surface area contributed by atoms with Gasteiger partial charge in [-0.25, -0.2) is 0 Å². The van der Waals surface area contributed by atoms with Crippen molar-refractivity contribution in [3.8, 4) is 0 Å². The second-order valence-electron chi connectivity index (χ2n) is 5.00. The van der Waals surface area contributed by atoms with Crippen molar-refractivity contribution in [1.82, 2.24) is 14.8 Å². The maximum absolute atomic E-state index is 11.0. The summed E-state index contributed by atoms with van der Waals surface area (Å²) in [7, 11) is 5.69. The molecule has 0 aliphatic heterocycles. The van der Waals surface area contributed by atoms with Crippen LogP contribution in [-0.2, 0) is 20.1 Å². The molecule has 0 aromatic carbocycles. The average molecular weight is 303 g/mol. The lowest BCUT2D eigenvalue weighted by atomic mass is 10.4. The maximum atomic E-state index is 11.0. The molecule has 0 saturated heterocycles. The Balaban J connectivity index is 1.94. The van der Waals surface area contributed by atoms with Gasteiger partial charge in [0.2, 0.25) is 0 Å². The number of nitrogens with two attached hydrogens (primary N) is 1. The van der Waals surface area contributed by atoms with Gasteiger partial charge in [0.25, 0.3) is 5.91 Å². The van der Waals surface area contributed by atoms with Crippen molar-refractivity contribution in [2.75, 3.05) is 14.1 Å². The van der Waals surface area contributed by atoms with Gasteiger partial charge in [0, 0.05) is 33.0 Å². The molecule has 0 fully saturated rings. The van der Waals surface area contributed by atoms with E-state index in [0.29, 0.717) is 12.3 Å². The largest absolute Gasteiger partial charge is 0.454 e.